The van der Waals surface area contributed by atoms with Crippen molar-refractivity contribution in [2.24, 2.45) is 0 Å². The molecule has 0 aliphatic carbocycles. The van der Waals surface area contributed by atoms with Crippen molar-refractivity contribution < 1.29 is 24.0 Å². The Morgan fingerprint density at radius 2 is 1.76 bits per heavy atom. The van der Waals surface area contributed by atoms with E-state index in [-0.39, 0.29) is 30.5 Å². The van der Waals surface area contributed by atoms with Crippen molar-refractivity contribution in [3.05, 3.63) is 16.0 Å². The largest absolute Gasteiger partial charge is 0.462 e. The molecule has 0 radical (unpaired) electrons. The Balaban J connectivity index is 3.29. The molecule has 0 saturated heterocycles. The van der Waals surface area contributed by atoms with Crippen LogP contribution < -0.4 is 10.2 Å². The molecule has 1 heterocycles. The first-order chi connectivity index (χ1) is 11.8. The van der Waals surface area contributed by atoms with E-state index >= 15 is 0 Å². The summed E-state index contributed by atoms with van der Waals surface area (Å²) in [5.74, 6) is -0.882. The highest BCUT2D eigenvalue weighted by Gasteiger charge is 2.28. The summed E-state index contributed by atoms with van der Waals surface area (Å²) >= 11 is 1.13. The molecule has 25 heavy (non-hydrogen) atoms. The zero-order valence-electron chi connectivity index (χ0n) is 15.8. The first-order valence-corrected chi connectivity index (χ1v) is 9.26. The van der Waals surface area contributed by atoms with Crippen LogP contribution in [0.3, 0.4) is 0 Å². The highest BCUT2D eigenvalue weighted by molar-refractivity contribution is 7.18. The fraction of sp³-hybridized carbons (Fsp3) is 0.588. The number of carbonyl (C=O) groups excluding carboxylic acids is 3. The number of amides is 2. The van der Waals surface area contributed by atoms with Gasteiger partial charge in [-0.1, -0.05) is 0 Å². The van der Waals surface area contributed by atoms with Crippen molar-refractivity contribution in [1.29, 1.82) is 0 Å². The van der Waals surface area contributed by atoms with Gasteiger partial charge in [-0.25, -0.2) is 4.79 Å². The van der Waals surface area contributed by atoms with Crippen LogP contribution in [-0.2, 0) is 9.53 Å². The van der Waals surface area contributed by atoms with Crippen LogP contribution in [0.15, 0.2) is 0 Å². The second-order valence-electron chi connectivity index (χ2n) is 5.89. The molecule has 0 aliphatic heterocycles. The summed E-state index contributed by atoms with van der Waals surface area (Å²) in [5, 5.41) is 3.13. The summed E-state index contributed by atoms with van der Waals surface area (Å²) in [6.45, 7) is 8.88. The molecule has 0 aliphatic rings. The molecule has 1 aromatic rings. The average molecular weight is 370 g/mol. The van der Waals surface area contributed by atoms with Crippen LogP contribution in [0.25, 0.3) is 0 Å². The minimum absolute atomic E-state index is 0.142. The van der Waals surface area contributed by atoms with Gasteiger partial charge in [-0.15, -0.1) is 11.3 Å². The maximum Gasteiger partial charge on any atom is 0.341 e. The van der Waals surface area contributed by atoms with Crippen molar-refractivity contribution >= 4 is 34.1 Å². The quantitative estimate of drug-likeness (QED) is 0.664. The van der Waals surface area contributed by atoms with Gasteiger partial charge in [0, 0.05) is 13.1 Å². The normalized spacial score (nSPS) is 10.7. The van der Waals surface area contributed by atoms with Gasteiger partial charge in [0.25, 0.3) is 11.8 Å². The number of quaternary nitrogens is 1. The molecule has 7 nitrogen and oxygen atoms in total. The number of nitrogens with zero attached hydrogens (tertiary/aromatic N) is 1. The van der Waals surface area contributed by atoms with E-state index < -0.39 is 5.97 Å². The number of anilines is 1. The lowest BCUT2D eigenvalue weighted by atomic mass is 10.1. The van der Waals surface area contributed by atoms with Crippen molar-refractivity contribution in [1.82, 2.24) is 4.90 Å². The Morgan fingerprint density at radius 1 is 1.16 bits per heavy atom. The number of hydrogen-bond donors (Lipinski definition) is 2. The highest BCUT2D eigenvalue weighted by atomic mass is 32.1. The molecule has 1 aromatic heterocycles. The summed E-state index contributed by atoms with van der Waals surface area (Å²) in [5.41, 5.74) is 0.817. The number of ether oxygens (including phenoxy) is 1. The Bertz CT molecular complexity index is 636. The molecular formula is C17H28N3O4S+. The van der Waals surface area contributed by atoms with Crippen LogP contribution in [0.4, 0.5) is 5.00 Å². The van der Waals surface area contributed by atoms with E-state index in [0.717, 1.165) is 16.2 Å². The first-order valence-electron chi connectivity index (χ1n) is 8.45. The maximum absolute atomic E-state index is 12.7. The molecule has 0 spiro atoms. The molecule has 140 valence electrons. The predicted octanol–water partition coefficient (Wildman–Crippen LogP) is 0.798. The van der Waals surface area contributed by atoms with Crippen LogP contribution in [0.2, 0.25) is 0 Å². The zero-order chi connectivity index (χ0) is 19.1. The van der Waals surface area contributed by atoms with Crippen molar-refractivity contribution in [2.75, 3.05) is 45.7 Å². The smallest absolute Gasteiger partial charge is 0.341 e. The average Bonchev–Trinajstić information content (AvgIpc) is 2.84. The van der Waals surface area contributed by atoms with Gasteiger partial charge >= 0.3 is 5.97 Å². The van der Waals surface area contributed by atoms with Crippen LogP contribution in [0.1, 0.15) is 46.4 Å². The van der Waals surface area contributed by atoms with Gasteiger partial charge in [0.1, 0.15) is 5.00 Å². The molecule has 1 rings (SSSR count). The van der Waals surface area contributed by atoms with E-state index in [0.29, 0.717) is 28.5 Å². The predicted molar refractivity (Wildman–Crippen MR) is 98.6 cm³/mol. The maximum atomic E-state index is 12.7. The van der Waals surface area contributed by atoms with Gasteiger partial charge in [-0.3, -0.25) is 9.59 Å². The van der Waals surface area contributed by atoms with Crippen molar-refractivity contribution in [3.63, 3.8) is 0 Å². The molecule has 0 saturated carbocycles. The number of hydrogen-bond acceptors (Lipinski definition) is 5. The highest BCUT2D eigenvalue weighted by Crippen LogP contribution is 2.34. The summed E-state index contributed by atoms with van der Waals surface area (Å²) in [4.78, 5) is 40.3. The van der Waals surface area contributed by atoms with Crippen molar-refractivity contribution in [2.45, 2.75) is 27.7 Å². The molecule has 0 unspecified atom stereocenters. The Kier molecular flexibility index (Phi) is 8.05. The standard InChI is InChI=1S/C17H27N3O4S/c1-7-20(8-2)16(22)14-11(4)13(17(23)24-9-3)15(25-14)18-12(21)10-19(5)6/h7-10H2,1-6H3,(H,18,21)/p+1. The fourth-order valence-electron chi connectivity index (χ4n) is 2.40. The van der Waals surface area contributed by atoms with E-state index in [4.69, 9.17) is 4.74 Å². The molecule has 0 fully saturated rings. The lowest BCUT2D eigenvalue weighted by Gasteiger charge is -2.18. The second kappa shape index (κ2) is 9.53. The lowest BCUT2D eigenvalue weighted by molar-refractivity contribution is -0.849. The third-order valence-corrected chi connectivity index (χ3v) is 4.83. The number of likely N-dealkylation sites (N-methyl/N-ethyl adjacent to an activating group) is 1. The number of nitrogens with one attached hydrogen (secondary N) is 2. The van der Waals surface area contributed by atoms with Gasteiger partial charge in [-0.2, -0.15) is 0 Å². The van der Waals surface area contributed by atoms with Crippen LogP contribution in [-0.4, -0.2) is 63.0 Å². The van der Waals surface area contributed by atoms with E-state index in [9.17, 15) is 14.4 Å². The van der Waals surface area contributed by atoms with Gasteiger partial charge in [0.05, 0.1) is 31.1 Å². The topological polar surface area (TPSA) is 80.1 Å². The minimum atomic E-state index is -0.526. The second-order valence-corrected chi connectivity index (χ2v) is 6.91. The zero-order valence-corrected chi connectivity index (χ0v) is 16.6. The number of carbonyl (C=O) groups is 3. The molecule has 0 atom stereocenters. The van der Waals surface area contributed by atoms with Crippen LogP contribution in [0.5, 0.6) is 0 Å². The Labute approximate surface area is 152 Å². The van der Waals surface area contributed by atoms with Gasteiger partial charge < -0.3 is 19.9 Å². The Hall–Kier alpha value is -1.93. The summed E-state index contributed by atoms with van der Waals surface area (Å²) in [6.07, 6.45) is 0. The molecule has 8 heteroatoms. The van der Waals surface area contributed by atoms with Crippen LogP contribution in [0, 0.1) is 6.92 Å². The third-order valence-electron chi connectivity index (χ3n) is 3.64. The molecule has 0 bridgehead atoms. The van der Waals surface area contributed by atoms with Gasteiger partial charge in [-0.05, 0) is 33.3 Å². The fourth-order valence-corrected chi connectivity index (χ4v) is 3.58. The van der Waals surface area contributed by atoms with E-state index in [1.807, 2.05) is 27.9 Å². The molecule has 0 aromatic carbocycles. The number of esters is 1. The SMILES string of the molecule is CCOC(=O)c1c(NC(=O)C[NH+](C)C)sc(C(=O)N(CC)CC)c1C. The van der Waals surface area contributed by atoms with E-state index in [1.165, 1.54) is 0 Å². The summed E-state index contributed by atoms with van der Waals surface area (Å²) < 4.78 is 5.10. The summed E-state index contributed by atoms with van der Waals surface area (Å²) in [6, 6.07) is 0. The van der Waals surface area contributed by atoms with E-state index in [2.05, 4.69) is 5.32 Å². The number of rotatable bonds is 8. The third kappa shape index (κ3) is 5.27. The Morgan fingerprint density at radius 3 is 2.24 bits per heavy atom. The molecular weight excluding hydrogens is 342 g/mol. The van der Waals surface area contributed by atoms with E-state index in [1.54, 1.807) is 18.7 Å². The minimum Gasteiger partial charge on any atom is -0.462 e. The van der Waals surface area contributed by atoms with Crippen molar-refractivity contribution in [3.8, 4) is 0 Å². The van der Waals surface area contributed by atoms with Gasteiger partial charge in [0.15, 0.2) is 6.54 Å². The number of thiophene rings is 1. The lowest BCUT2D eigenvalue weighted by Crippen LogP contribution is -3.06. The summed E-state index contributed by atoms with van der Waals surface area (Å²) in [7, 11) is 3.72. The monoisotopic (exact) mass is 370 g/mol. The van der Waals surface area contributed by atoms with Crippen LogP contribution >= 0.6 is 11.3 Å². The van der Waals surface area contributed by atoms with Gasteiger partial charge in [0.2, 0.25) is 0 Å². The molecule has 2 amide bonds. The first kappa shape index (κ1) is 21.1. The molecule has 2 N–H and O–H groups in total.